The highest BCUT2D eigenvalue weighted by atomic mass is 16.4. The number of aliphatic hydroxyl groups excluding tert-OH is 1. The molecule has 1 fully saturated rings. The number of H-pyrrole nitrogens is 1. The van der Waals surface area contributed by atoms with Gasteiger partial charge in [0.2, 0.25) is 5.91 Å². The maximum atomic E-state index is 10.6. The first-order valence-corrected chi connectivity index (χ1v) is 23.2. The molecule has 2 heterocycles. The van der Waals surface area contributed by atoms with Gasteiger partial charge in [0.1, 0.15) is 48.3 Å². The van der Waals surface area contributed by atoms with Crippen LogP contribution in [0.1, 0.15) is 85.6 Å². The van der Waals surface area contributed by atoms with E-state index in [1.54, 1.807) is 27.7 Å². The second-order valence-corrected chi connectivity index (χ2v) is 17.4. The minimum Gasteiger partial charge on any atom is -0.480 e. The molecular formula is C45H85N13O18. The number of guanidine groups is 1. The number of aliphatic imine (C=N–C) groups is 1. The van der Waals surface area contributed by atoms with Gasteiger partial charge >= 0.3 is 47.8 Å². The van der Waals surface area contributed by atoms with E-state index in [1.165, 1.54) is 0 Å². The summed E-state index contributed by atoms with van der Waals surface area (Å²) in [4.78, 5) is 97.4. The van der Waals surface area contributed by atoms with Gasteiger partial charge in [-0.2, -0.15) is 0 Å². The molecule has 1 saturated heterocycles. The van der Waals surface area contributed by atoms with Gasteiger partial charge in [-0.25, -0.2) is 0 Å². The summed E-state index contributed by atoms with van der Waals surface area (Å²) >= 11 is 0. The largest absolute Gasteiger partial charge is 0.480 e. The number of nitrogens with one attached hydrogen (secondary N) is 2. The molecule has 438 valence electrons. The number of aliphatic carboxylic acids is 8. The van der Waals surface area contributed by atoms with Gasteiger partial charge < -0.3 is 114 Å². The number of primary amides is 1. The molecule has 8 atom stereocenters. The number of fused-ring (bicyclic) bond motifs is 1. The monoisotopic (exact) mass is 1100 g/mol. The molecule has 76 heavy (non-hydrogen) atoms. The van der Waals surface area contributed by atoms with Crippen LogP contribution in [-0.2, 0) is 49.6 Å². The maximum Gasteiger partial charge on any atom is 0.322 e. The normalized spacial score (nSPS) is 14.7. The summed E-state index contributed by atoms with van der Waals surface area (Å²) in [5.74, 6) is -8.15. The fourth-order valence-corrected chi connectivity index (χ4v) is 4.72. The van der Waals surface area contributed by atoms with Crippen molar-refractivity contribution in [2.75, 3.05) is 19.7 Å². The van der Waals surface area contributed by atoms with Crippen LogP contribution in [0.5, 0.6) is 0 Å². The van der Waals surface area contributed by atoms with E-state index >= 15 is 0 Å². The fourth-order valence-electron chi connectivity index (χ4n) is 4.72. The Kier molecular flexibility index (Phi) is 45.3. The second-order valence-electron chi connectivity index (χ2n) is 17.4. The number of hydrogen-bond donors (Lipinski definition) is 21. The third-order valence-corrected chi connectivity index (χ3v) is 9.38. The van der Waals surface area contributed by atoms with E-state index in [4.69, 9.17) is 97.6 Å². The number of para-hydroxylation sites is 1. The van der Waals surface area contributed by atoms with E-state index in [1.807, 2.05) is 44.3 Å². The highest BCUT2D eigenvalue weighted by Gasteiger charge is 2.21. The molecule has 0 saturated carbocycles. The average molecular weight is 1100 g/mol. The van der Waals surface area contributed by atoms with Crippen LogP contribution in [0, 0.1) is 17.8 Å². The van der Waals surface area contributed by atoms with Crippen molar-refractivity contribution in [3.8, 4) is 0 Å². The van der Waals surface area contributed by atoms with Crippen LogP contribution in [0.3, 0.4) is 0 Å². The van der Waals surface area contributed by atoms with Crippen molar-refractivity contribution in [3.63, 3.8) is 0 Å². The number of aliphatic hydroxyl groups is 1. The lowest BCUT2D eigenvalue weighted by molar-refractivity contribution is -0.140. The predicted molar refractivity (Wildman–Crippen MR) is 280 cm³/mol. The highest BCUT2D eigenvalue weighted by molar-refractivity contribution is 5.85. The van der Waals surface area contributed by atoms with Crippen LogP contribution in [0.2, 0.25) is 0 Å². The highest BCUT2D eigenvalue weighted by Crippen LogP contribution is 2.18. The smallest absolute Gasteiger partial charge is 0.322 e. The van der Waals surface area contributed by atoms with Gasteiger partial charge in [0.25, 0.3) is 0 Å². The average Bonchev–Trinajstić information content (AvgIpc) is 4.02. The Hall–Kier alpha value is -7.10. The molecule has 0 aliphatic carbocycles. The SMILES string of the molecule is CC(C)C(N)C(=O)O.CC(C)C(N)C(=O)O.CC(C)CC(N)C(=O)O.NC(=O)CC(N)C(=O)O.NC(CO)C(=O)O.NC(Cc1c[nH]c2ccccc12)C(=O)O.NC(N)=NCCCC(N)C(=O)O.O=C(O)[C@@H]1CCCN1. The molecular weight excluding hydrogens is 1010 g/mol. The third-order valence-electron chi connectivity index (χ3n) is 9.38. The number of carboxylic acid groups (broad SMARTS) is 8. The topological polar surface area (TPSA) is 636 Å². The molecule has 0 bridgehead atoms. The zero-order chi connectivity index (χ0) is 60.6. The molecule has 1 amide bonds. The Morgan fingerprint density at radius 1 is 0.618 bits per heavy atom. The summed E-state index contributed by atoms with van der Waals surface area (Å²) in [6, 6.07) is 1.42. The molecule has 0 radical (unpaired) electrons. The first-order valence-electron chi connectivity index (χ1n) is 23.2. The van der Waals surface area contributed by atoms with Crippen LogP contribution in [0.4, 0.5) is 0 Å². The Morgan fingerprint density at radius 2 is 1.07 bits per heavy atom. The van der Waals surface area contributed by atoms with Crippen LogP contribution in [0.15, 0.2) is 35.5 Å². The molecule has 3 rings (SSSR count). The maximum absolute atomic E-state index is 10.6. The molecule has 1 aromatic carbocycles. The van der Waals surface area contributed by atoms with Gasteiger partial charge in [-0.15, -0.1) is 0 Å². The number of hydrogen-bond acceptors (Lipinski definition) is 19. The molecule has 7 unspecified atom stereocenters. The molecule has 2 aromatic rings. The molecule has 0 spiro atoms. The standard InChI is InChI=1S/C11H12N2O2.C6H14N4O2.C6H13NO2.C5H9NO2.2C5H11NO2.C4H8N2O3.C3H7NO3/c12-9(11(14)15)5-7-6-13-10-4-2-1-3-8(7)10;7-4(5(11)12)2-1-3-10-6(8)9;1-4(2)3-5(7)6(8)9;7-5(8)4-2-1-3-6-4;2*1-3(2)4(6)5(7)8;5-2(4(8)9)1-3(6)7;4-2(1-5)3(6)7/h1-4,6,9,13H,5,12H2,(H,14,15);4H,1-3,7H2,(H,11,12)(H4,8,9,10);4-5H,3,7H2,1-2H3,(H,8,9);4,6H,1-3H2,(H,7,8);2*3-4H,6H2,1-2H3,(H,7,8);2H,1,5H2,(H2,6,7)(H,8,9);2,5H,1,4H2,(H,6,7)/t;;;4-;;;;/m...0..../s1. The quantitative estimate of drug-likeness (QED) is 0.0329. The van der Waals surface area contributed by atoms with E-state index in [9.17, 15) is 43.2 Å². The van der Waals surface area contributed by atoms with Crippen molar-refractivity contribution in [3.05, 3.63) is 36.0 Å². The van der Waals surface area contributed by atoms with E-state index in [0.717, 1.165) is 35.9 Å². The van der Waals surface area contributed by atoms with Crippen LogP contribution in [-0.4, -0.2) is 179 Å². The van der Waals surface area contributed by atoms with Crippen LogP contribution in [0.25, 0.3) is 10.9 Å². The van der Waals surface area contributed by atoms with Crippen molar-refractivity contribution < 1.29 is 89.1 Å². The molecule has 31 N–H and O–H groups in total. The van der Waals surface area contributed by atoms with E-state index in [0.29, 0.717) is 38.1 Å². The fraction of sp³-hybridized carbons (Fsp3) is 0.600. The van der Waals surface area contributed by atoms with Crippen molar-refractivity contribution in [1.82, 2.24) is 10.3 Å². The van der Waals surface area contributed by atoms with Gasteiger partial charge in [-0.05, 0) is 68.0 Å². The number of nitrogens with zero attached hydrogens (tertiary/aromatic N) is 1. The van der Waals surface area contributed by atoms with E-state index < -0.39 is 103 Å². The number of rotatable bonds is 21. The summed E-state index contributed by atoms with van der Waals surface area (Å²) in [5, 5.41) is 78.1. The zero-order valence-corrected chi connectivity index (χ0v) is 43.7. The number of nitrogens with two attached hydrogens (primary N) is 10. The van der Waals surface area contributed by atoms with Crippen molar-refractivity contribution >= 4 is 70.5 Å². The number of amides is 1. The van der Waals surface area contributed by atoms with E-state index in [-0.39, 0.29) is 30.3 Å². The Morgan fingerprint density at radius 3 is 1.33 bits per heavy atom. The Balaban J connectivity index is -0.000000256. The summed E-state index contributed by atoms with van der Waals surface area (Å²) < 4.78 is 0. The minimum absolute atomic E-state index is 0.0129. The van der Waals surface area contributed by atoms with Gasteiger partial charge in [-0.1, -0.05) is 59.7 Å². The van der Waals surface area contributed by atoms with E-state index in [2.05, 4.69) is 21.0 Å². The zero-order valence-electron chi connectivity index (χ0n) is 43.7. The minimum atomic E-state index is -1.21. The number of carboxylic acids is 8. The van der Waals surface area contributed by atoms with Crippen molar-refractivity contribution in [2.45, 2.75) is 135 Å². The third kappa shape index (κ3) is 44.4. The number of benzene rings is 1. The molecule has 31 nitrogen and oxygen atoms in total. The number of aromatic amines is 1. The lowest BCUT2D eigenvalue weighted by Crippen LogP contribution is -2.34. The van der Waals surface area contributed by atoms with Crippen LogP contribution < -0.4 is 62.7 Å². The van der Waals surface area contributed by atoms with Crippen molar-refractivity contribution in [2.24, 2.45) is 80.1 Å². The summed E-state index contributed by atoms with van der Waals surface area (Å²) in [5.41, 5.74) is 52.6. The number of carbonyl (C=O) groups excluding carboxylic acids is 1. The predicted octanol–water partition coefficient (Wildman–Crippen LogP) is -3.39. The van der Waals surface area contributed by atoms with Crippen LogP contribution >= 0.6 is 0 Å². The lowest BCUT2D eigenvalue weighted by Gasteiger charge is -2.07. The summed E-state index contributed by atoms with van der Waals surface area (Å²) in [6.45, 7) is 11.8. The lowest BCUT2D eigenvalue weighted by atomic mass is 10.1. The Labute approximate surface area is 439 Å². The molecule has 1 aromatic heterocycles. The van der Waals surface area contributed by atoms with Gasteiger partial charge in [0, 0.05) is 30.1 Å². The number of carbonyl (C=O) groups is 9. The second kappa shape index (κ2) is 44.2. The molecule has 1 aliphatic rings. The molecule has 31 heteroatoms. The summed E-state index contributed by atoms with van der Waals surface area (Å²) in [7, 11) is 0. The Bertz CT molecular complexity index is 2010. The van der Waals surface area contributed by atoms with Gasteiger partial charge in [0.15, 0.2) is 5.96 Å². The number of aromatic nitrogens is 1. The summed E-state index contributed by atoms with van der Waals surface area (Å²) in [6.07, 6.45) is 5.14. The first kappa shape index (κ1) is 77.8. The first-order chi connectivity index (χ1) is 34.9. The van der Waals surface area contributed by atoms with Gasteiger partial charge in [0.05, 0.1) is 13.0 Å². The molecule has 1 aliphatic heterocycles. The van der Waals surface area contributed by atoms with Crippen molar-refractivity contribution in [1.29, 1.82) is 0 Å². The van der Waals surface area contributed by atoms with Gasteiger partial charge in [-0.3, -0.25) is 48.1 Å².